The number of carbonyl (C=O) groups excluding carboxylic acids is 1. The molecule has 1 fully saturated rings. The molecular weight excluding hydrogens is 312 g/mol. The first-order valence-corrected chi connectivity index (χ1v) is 7.36. The highest BCUT2D eigenvalue weighted by atomic mass is 79.9. The molecule has 0 bridgehead atoms. The number of carbonyl (C=O) groups is 1. The number of nitrogens with zero attached hydrogens (tertiary/aromatic N) is 1. The largest absolute Gasteiger partial charge is 0.394 e. The summed E-state index contributed by atoms with van der Waals surface area (Å²) in [6.07, 6.45) is 5.01. The van der Waals surface area contributed by atoms with Crippen molar-refractivity contribution in [3.8, 4) is 0 Å². The molecule has 1 saturated carbocycles. The zero-order valence-electron chi connectivity index (χ0n) is 10.8. The van der Waals surface area contributed by atoms with Crippen molar-refractivity contribution in [2.45, 2.75) is 25.3 Å². The van der Waals surface area contributed by atoms with Gasteiger partial charge in [-0.2, -0.15) is 0 Å². The summed E-state index contributed by atoms with van der Waals surface area (Å²) in [6.45, 7) is 1.52. The topological polar surface area (TPSA) is 63.5 Å². The van der Waals surface area contributed by atoms with E-state index in [1.807, 2.05) is 16.8 Å². The Labute approximate surface area is 121 Å². The summed E-state index contributed by atoms with van der Waals surface area (Å²) >= 11 is 3.41. The molecule has 2 N–H and O–H groups in total. The summed E-state index contributed by atoms with van der Waals surface area (Å²) in [4.78, 5) is 12.1. The molecule has 1 amide bonds. The predicted octanol–water partition coefficient (Wildman–Crippen LogP) is 1.71. The molecule has 1 aromatic rings. The molecule has 0 aromatic carbocycles. The first kappa shape index (κ1) is 14.6. The van der Waals surface area contributed by atoms with Crippen molar-refractivity contribution in [1.29, 1.82) is 0 Å². The van der Waals surface area contributed by atoms with E-state index in [0.717, 1.165) is 23.7 Å². The van der Waals surface area contributed by atoms with Gasteiger partial charge in [0.25, 0.3) is 5.91 Å². The number of aliphatic hydroxyl groups excluding tert-OH is 1. The molecule has 1 heterocycles. The first-order chi connectivity index (χ1) is 9.22. The Hall–Kier alpha value is -0.850. The maximum Gasteiger partial charge on any atom is 0.267 e. The minimum Gasteiger partial charge on any atom is -0.394 e. The van der Waals surface area contributed by atoms with Gasteiger partial charge in [-0.25, -0.2) is 0 Å². The lowest BCUT2D eigenvalue weighted by molar-refractivity contribution is 0.0864. The van der Waals surface area contributed by atoms with Gasteiger partial charge in [0, 0.05) is 29.9 Å². The Morgan fingerprint density at radius 2 is 2.32 bits per heavy atom. The van der Waals surface area contributed by atoms with Crippen LogP contribution in [0.2, 0.25) is 0 Å². The van der Waals surface area contributed by atoms with Gasteiger partial charge in [0.2, 0.25) is 0 Å². The Morgan fingerprint density at radius 1 is 1.53 bits per heavy atom. The average Bonchev–Trinajstić information content (AvgIpc) is 3.16. The molecule has 1 aromatic heterocycles. The molecule has 0 unspecified atom stereocenters. The highest BCUT2D eigenvalue weighted by Crippen LogP contribution is 2.37. The molecule has 6 heteroatoms. The van der Waals surface area contributed by atoms with Crippen molar-refractivity contribution in [3.05, 3.63) is 22.4 Å². The van der Waals surface area contributed by atoms with Crippen LogP contribution in [-0.4, -0.2) is 41.9 Å². The number of hydrogen-bond acceptors (Lipinski definition) is 3. The van der Waals surface area contributed by atoms with Crippen molar-refractivity contribution in [2.75, 3.05) is 26.4 Å². The fourth-order valence-corrected chi connectivity index (χ4v) is 2.35. The van der Waals surface area contributed by atoms with Gasteiger partial charge >= 0.3 is 0 Å². The lowest BCUT2D eigenvalue weighted by atomic mass is 10.3. The smallest absolute Gasteiger partial charge is 0.267 e. The van der Waals surface area contributed by atoms with Gasteiger partial charge in [0.15, 0.2) is 0 Å². The Bertz CT molecular complexity index is 430. The summed E-state index contributed by atoms with van der Waals surface area (Å²) in [5, 5.41) is 11.4. The molecule has 0 aliphatic heterocycles. The van der Waals surface area contributed by atoms with E-state index < -0.39 is 0 Å². The van der Waals surface area contributed by atoms with Crippen LogP contribution in [0, 0.1) is 0 Å². The maximum absolute atomic E-state index is 12.1. The monoisotopic (exact) mass is 330 g/mol. The van der Waals surface area contributed by atoms with Gasteiger partial charge in [-0.1, -0.05) is 0 Å². The van der Waals surface area contributed by atoms with Crippen LogP contribution in [0.3, 0.4) is 0 Å². The zero-order chi connectivity index (χ0) is 13.7. The molecule has 1 aliphatic rings. The number of aliphatic hydroxyl groups is 1. The van der Waals surface area contributed by atoms with E-state index in [1.54, 1.807) is 0 Å². The molecule has 106 valence electrons. The number of ether oxygens (including phenoxy) is 1. The van der Waals surface area contributed by atoms with Crippen molar-refractivity contribution in [2.24, 2.45) is 0 Å². The molecular formula is C13H19BrN2O3. The molecule has 0 radical (unpaired) electrons. The number of rotatable bonds is 8. The fraction of sp³-hybridized carbons (Fsp3) is 0.615. The Kier molecular flexibility index (Phi) is 5.42. The molecule has 2 rings (SSSR count). The van der Waals surface area contributed by atoms with Gasteiger partial charge < -0.3 is 19.7 Å². The number of nitrogens with one attached hydrogen (secondary N) is 1. The summed E-state index contributed by atoms with van der Waals surface area (Å²) < 4.78 is 8.12. The van der Waals surface area contributed by atoms with E-state index in [0.29, 0.717) is 31.5 Å². The molecule has 0 atom stereocenters. The molecule has 5 nitrogen and oxygen atoms in total. The van der Waals surface area contributed by atoms with Crippen LogP contribution in [-0.2, 0) is 4.74 Å². The number of hydrogen-bond donors (Lipinski definition) is 2. The third-order valence-electron chi connectivity index (χ3n) is 2.97. The van der Waals surface area contributed by atoms with E-state index in [-0.39, 0.29) is 12.5 Å². The predicted molar refractivity (Wildman–Crippen MR) is 75.3 cm³/mol. The van der Waals surface area contributed by atoms with Gasteiger partial charge in [0.1, 0.15) is 5.69 Å². The standard InChI is InChI=1S/C13H19BrN2O3/c14-10-8-12(16(9-10)11-2-3-11)13(18)15-4-1-6-19-7-5-17/h8-9,11,17H,1-7H2,(H,15,18). The highest BCUT2D eigenvalue weighted by Gasteiger charge is 2.27. The Morgan fingerprint density at radius 3 is 3.00 bits per heavy atom. The summed E-state index contributed by atoms with van der Waals surface area (Å²) in [5.41, 5.74) is 0.714. The number of halogens is 1. The number of amides is 1. The van der Waals surface area contributed by atoms with E-state index in [9.17, 15) is 4.79 Å². The van der Waals surface area contributed by atoms with Crippen molar-refractivity contribution >= 4 is 21.8 Å². The molecule has 1 aliphatic carbocycles. The summed E-state index contributed by atoms with van der Waals surface area (Å²) in [5.74, 6) is -0.0419. The quantitative estimate of drug-likeness (QED) is 0.713. The fourth-order valence-electron chi connectivity index (χ4n) is 1.92. The summed E-state index contributed by atoms with van der Waals surface area (Å²) in [6, 6.07) is 2.34. The molecule has 19 heavy (non-hydrogen) atoms. The minimum absolute atomic E-state index is 0.0370. The SMILES string of the molecule is O=C(NCCCOCCO)c1cc(Br)cn1C1CC1. The lowest BCUT2D eigenvalue weighted by Gasteiger charge is -2.08. The maximum atomic E-state index is 12.1. The average molecular weight is 331 g/mol. The van der Waals surface area contributed by atoms with E-state index >= 15 is 0 Å². The van der Waals surface area contributed by atoms with Crippen LogP contribution in [0.5, 0.6) is 0 Å². The lowest BCUT2D eigenvalue weighted by Crippen LogP contribution is -2.27. The van der Waals surface area contributed by atoms with Crippen LogP contribution in [0.1, 0.15) is 35.8 Å². The van der Waals surface area contributed by atoms with Crippen LogP contribution in [0.25, 0.3) is 0 Å². The first-order valence-electron chi connectivity index (χ1n) is 6.56. The normalized spacial score (nSPS) is 14.6. The van der Waals surface area contributed by atoms with Crippen molar-refractivity contribution < 1.29 is 14.6 Å². The third kappa shape index (κ3) is 4.33. The number of aromatic nitrogens is 1. The second-order valence-corrected chi connectivity index (χ2v) is 5.54. The van der Waals surface area contributed by atoms with Crippen molar-refractivity contribution in [1.82, 2.24) is 9.88 Å². The molecule has 0 spiro atoms. The van der Waals surface area contributed by atoms with Gasteiger partial charge in [-0.05, 0) is 41.3 Å². The van der Waals surface area contributed by atoms with Crippen LogP contribution >= 0.6 is 15.9 Å². The van der Waals surface area contributed by atoms with E-state index in [1.165, 1.54) is 0 Å². The third-order valence-corrected chi connectivity index (χ3v) is 3.41. The molecule has 0 saturated heterocycles. The minimum atomic E-state index is -0.0419. The van der Waals surface area contributed by atoms with Gasteiger partial charge in [-0.3, -0.25) is 4.79 Å². The highest BCUT2D eigenvalue weighted by molar-refractivity contribution is 9.10. The van der Waals surface area contributed by atoms with Crippen LogP contribution in [0.4, 0.5) is 0 Å². The second-order valence-electron chi connectivity index (χ2n) is 4.63. The van der Waals surface area contributed by atoms with Crippen molar-refractivity contribution in [3.63, 3.8) is 0 Å². The van der Waals surface area contributed by atoms with Crippen LogP contribution in [0.15, 0.2) is 16.7 Å². The van der Waals surface area contributed by atoms with E-state index in [4.69, 9.17) is 9.84 Å². The van der Waals surface area contributed by atoms with Gasteiger partial charge in [0.05, 0.1) is 13.2 Å². The van der Waals surface area contributed by atoms with E-state index in [2.05, 4.69) is 21.2 Å². The van der Waals surface area contributed by atoms with Crippen LogP contribution < -0.4 is 5.32 Å². The summed E-state index contributed by atoms with van der Waals surface area (Å²) in [7, 11) is 0. The zero-order valence-corrected chi connectivity index (χ0v) is 12.4. The van der Waals surface area contributed by atoms with Gasteiger partial charge in [-0.15, -0.1) is 0 Å². The second kappa shape index (κ2) is 7.07. The Balaban J connectivity index is 1.76.